The number of carboxylic acids is 1. The maximum Gasteiger partial charge on any atom is 0.347 e. The number of nitrogens with one attached hydrogen (secondary N) is 2. The molecule has 0 spiro atoms. The molecule has 182 valence electrons. The van der Waals surface area contributed by atoms with Gasteiger partial charge in [-0.1, -0.05) is 53.3 Å². The first-order chi connectivity index (χ1) is 17.4. The number of amides is 2. The summed E-state index contributed by atoms with van der Waals surface area (Å²) in [6, 6.07) is 13.2. The fraction of sp³-hybridized carbons (Fsp3) is 0.0870. The normalized spacial score (nSPS) is 11.8. The minimum absolute atomic E-state index is 0.0169. The summed E-state index contributed by atoms with van der Waals surface area (Å²) < 4.78 is 1.43. The first kappa shape index (κ1) is 24.7. The van der Waals surface area contributed by atoms with Crippen molar-refractivity contribution in [3.63, 3.8) is 0 Å². The molecule has 0 aliphatic carbocycles. The van der Waals surface area contributed by atoms with Crippen LogP contribution in [0.5, 0.6) is 0 Å². The first-order valence-corrected chi connectivity index (χ1v) is 11.6. The fourth-order valence-corrected chi connectivity index (χ4v) is 4.05. The molecule has 2 aromatic heterocycles. The molecule has 1 atom stereocenters. The number of aromatic nitrogens is 5. The van der Waals surface area contributed by atoms with Gasteiger partial charge in [0.2, 0.25) is 11.8 Å². The Morgan fingerprint density at radius 1 is 1.17 bits per heavy atom. The Morgan fingerprint density at radius 3 is 2.67 bits per heavy atom. The van der Waals surface area contributed by atoms with Gasteiger partial charge in [-0.25, -0.2) is 9.78 Å². The summed E-state index contributed by atoms with van der Waals surface area (Å²) in [5, 5.41) is 26.0. The Bertz CT molecular complexity index is 1410. The summed E-state index contributed by atoms with van der Waals surface area (Å²) in [5.74, 6) is -2.21. The summed E-state index contributed by atoms with van der Waals surface area (Å²) >= 11 is 6.94. The van der Waals surface area contributed by atoms with Crippen LogP contribution in [0.25, 0.3) is 11.8 Å². The number of nitrogens with zero attached hydrogens (tertiary/aromatic N) is 5. The van der Waals surface area contributed by atoms with E-state index in [1.54, 1.807) is 18.2 Å². The van der Waals surface area contributed by atoms with Crippen LogP contribution in [-0.2, 0) is 16.0 Å². The third-order valence-electron chi connectivity index (χ3n) is 4.86. The van der Waals surface area contributed by atoms with Crippen LogP contribution in [0, 0.1) is 0 Å². The van der Waals surface area contributed by atoms with Gasteiger partial charge in [0, 0.05) is 23.1 Å². The Balaban J connectivity index is 1.52. The van der Waals surface area contributed by atoms with Gasteiger partial charge in [-0.15, -0.1) is 5.10 Å². The smallest absolute Gasteiger partial charge is 0.347 e. The van der Waals surface area contributed by atoms with E-state index in [1.807, 2.05) is 30.3 Å². The largest absolute Gasteiger partial charge is 0.477 e. The molecule has 0 aliphatic heterocycles. The summed E-state index contributed by atoms with van der Waals surface area (Å²) in [6.07, 6.45) is 5.58. The van der Waals surface area contributed by atoms with E-state index in [-0.39, 0.29) is 16.4 Å². The van der Waals surface area contributed by atoms with Crippen molar-refractivity contribution in [3.8, 4) is 5.69 Å². The highest BCUT2D eigenvalue weighted by Gasteiger charge is 2.22. The molecule has 4 aromatic rings. The van der Waals surface area contributed by atoms with Crippen molar-refractivity contribution in [2.75, 3.05) is 5.32 Å². The standard InChI is InChI=1S/C23H18ClN7O4S/c24-16-7-8-18(31-13-26-29-30-31)15(11-16)6-9-20(32)27-17(10-14-4-2-1-3-5-14)21(33)28-23-25-12-19(36-23)22(34)35/h1-9,11-13,17H,10H2,(H,27,32)(H,34,35)(H,25,28,33)/t17-/m0/s1. The number of hydrogen-bond donors (Lipinski definition) is 3. The minimum atomic E-state index is -1.14. The van der Waals surface area contributed by atoms with E-state index in [1.165, 1.54) is 23.2 Å². The number of hydrogen-bond acceptors (Lipinski definition) is 8. The number of aromatic carboxylic acids is 1. The quantitative estimate of drug-likeness (QED) is 0.283. The number of benzene rings is 2. The highest BCUT2D eigenvalue weighted by Crippen LogP contribution is 2.21. The molecular weight excluding hydrogens is 506 g/mol. The molecule has 0 unspecified atom stereocenters. The number of thiazole rings is 1. The van der Waals surface area contributed by atoms with Crippen LogP contribution >= 0.6 is 22.9 Å². The Labute approximate surface area is 213 Å². The fourth-order valence-electron chi connectivity index (χ4n) is 3.21. The van der Waals surface area contributed by atoms with E-state index < -0.39 is 23.8 Å². The van der Waals surface area contributed by atoms with Crippen molar-refractivity contribution in [1.82, 2.24) is 30.5 Å². The van der Waals surface area contributed by atoms with Crippen LogP contribution in [0.2, 0.25) is 5.02 Å². The van der Waals surface area contributed by atoms with Crippen molar-refractivity contribution in [1.29, 1.82) is 0 Å². The van der Waals surface area contributed by atoms with Gasteiger partial charge >= 0.3 is 5.97 Å². The lowest BCUT2D eigenvalue weighted by atomic mass is 10.1. The number of carboxylic acid groups (broad SMARTS) is 1. The molecule has 2 heterocycles. The molecular formula is C23H18ClN7O4S. The van der Waals surface area contributed by atoms with Crippen LogP contribution < -0.4 is 10.6 Å². The number of carbonyl (C=O) groups excluding carboxylic acids is 2. The lowest BCUT2D eigenvalue weighted by molar-refractivity contribution is -0.123. The molecule has 0 bridgehead atoms. The van der Waals surface area contributed by atoms with Crippen LogP contribution in [0.4, 0.5) is 5.13 Å². The predicted molar refractivity (Wildman–Crippen MR) is 133 cm³/mol. The number of halogens is 1. The zero-order chi connectivity index (χ0) is 25.5. The van der Waals surface area contributed by atoms with E-state index in [9.17, 15) is 14.4 Å². The third-order valence-corrected chi connectivity index (χ3v) is 6.00. The molecule has 0 fully saturated rings. The molecule has 2 amide bonds. The lowest BCUT2D eigenvalue weighted by Crippen LogP contribution is -2.44. The van der Waals surface area contributed by atoms with Crippen LogP contribution in [0.1, 0.15) is 20.8 Å². The van der Waals surface area contributed by atoms with E-state index in [0.29, 0.717) is 16.3 Å². The Hall–Kier alpha value is -4.42. The molecule has 36 heavy (non-hydrogen) atoms. The van der Waals surface area contributed by atoms with E-state index in [4.69, 9.17) is 16.7 Å². The minimum Gasteiger partial charge on any atom is -0.477 e. The van der Waals surface area contributed by atoms with Crippen LogP contribution in [-0.4, -0.2) is 54.1 Å². The van der Waals surface area contributed by atoms with Crippen molar-refractivity contribution in [3.05, 3.63) is 88.2 Å². The summed E-state index contributed by atoms with van der Waals surface area (Å²) in [4.78, 5) is 40.8. The van der Waals surface area contributed by atoms with Crippen LogP contribution in [0.15, 0.2) is 67.1 Å². The third kappa shape index (κ3) is 6.37. The summed E-state index contributed by atoms with van der Waals surface area (Å²) in [7, 11) is 0. The van der Waals surface area contributed by atoms with Gasteiger partial charge in [0.05, 0.1) is 11.9 Å². The molecule has 0 saturated carbocycles. The second-order valence-electron chi connectivity index (χ2n) is 7.37. The molecule has 0 radical (unpaired) electrons. The second kappa shape index (κ2) is 11.3. The second-order valence-corrected chi connectivity index (χ2v) is 8.83. The van der Waals surface area contributed by atoms with Crippen LogP contribution in [0.3, 0.4) is 0 Å². The number of carbonyl (C=O) groups is 3. The maximum atomic E-state index is 13.0. The van der Waals surface area contributed by atoms with Crippen molar-refractivity contribution in [2.45, 2.75) is 12.5 Å². The molecule has 3 N–H and O–H groups in total. The van der Waals surface area contributed by atoms with E-state index >= 15 is 0 Å². The average molecular weight is 524 g/mol. The molecule has 13 heteroatoms. The molecule has 2 aromatic carbocycles. The number of rotatable bonds is 9. The highest BCUT2D eigenvalue weighted by atomic mass is 35.5. The van der Waals surface area contributed by atoms with E-state index in [2.05, 4.69) is 31.1 Å². The number of anilines is 1. The Kier molecular flexibility index (Phi) is 7.78. The monoisotopic (exact) mass is 523 g/mol. The lowest BCUT2D eigenvalue weighted by Gasteiger charge is -2.17. The van der Waals surface area contributed by atoms with Gasteiger partial charge in [0.25, 0.3) is 0 Å². The molecule has 4 rings (SSSR count). The zero-order valence-electron chi connectivity index (χ0n) is 18.4. The summed E-state index contributed by atoms with van der Waals surface area (Å²) in [6.45, 7) is 0. The van der Waals surface area contributed by atoms with Gasteiger partial charge in [-0.3, -0.25) is 9.59 Å². The van der Waals surface area contributed by atoms with Gasteiger partial charge in [0.1, 0.15) is 17.2 Å². The molecule has 11 nitrogen and oxygen atoms in total. The van der Waals surface area contributed by atoms with Gasteiger partial charge in [0.15, 0.2) is 5.13 Å². The topological polar surface area (TPSA) is 152 Å². The maximum absolute atomic E-state index is 13.0. The van der Waals surface area contributed by atoms with Crippen molar-refractivity contribution in [2.24, 2.45) is 0 Å². The van der Waals surface area contributed by atoms with Crippen molar-refractivity contribution < 1.29 is 19.5 Å². The molecule has 0 saturated heterocycles. The van der Waals surface area contributed by atoms with E-state index in [0.717, 1.165) is 23.1 Å². The molecule has 0 aliphatic rings. The van der Waals surface area contributed by atoms with Crippen molar-refractivity contribution >= 4 is 51.9 Å². The van der Waals surface area contributed by atoms with Gasteiger partial charge < -0.3 is 15.7 Å². The Morgan fingerprint density at radius 2 is 1.97 bits per heavy atom. The predicted octanol–water partition coefficient (Wildman–Crippen LogP) is 2.85. The number of tetrazole rings is 1. The SMILES string of the molecule is O=C(C=Cc1cc(Cl)ccc1-n1cnnn1)N[C@@H](Cc1ccccc1)C(=O)Nc1ncc(C(=O)O)s1. The summed E-state index contributed by atoms with van der Waals surface area (Å²) in [5.41, 5.74) is 2.01. The highest BCUT2D eigenvalue weighted by molar-refractivity contribution is 7.17. The first-order valence-electron chi connectivity index (χ1n) is 10.4. The van der Waals surface area contributed by atoms with Gasteiger partial charge in [-0.2, -0.15) is 4.68 Å². The van der Waals surface area contributed by atoms with Gasteiger partial charge in [-0.05, 0) is 40.3 Å². The average Bonchev–Trinajstić information content (AvgIpc) is 3.56. The zero-order valence-corrected chi connectivity index (χ0v) is 20.0.